The number of benzene rings is 1. The number of aliphatic hydroxyl groups is 1. The number of carbonyl (C=O) groups is 2. The van der Waals surface area contributed by atoms with Gasteiger partial charge in [0, 0.05) is 5.02 Å². The zero-order valence-electron chi connectivity index (χ0n) is 12.8. The third-order valence-corrected chi connectivity index (χ3v) is 4.30. The maximum Gasteiger partial charge on any atom is 0.325 e. The predicted molar refractivity (Wildman–Crippen MR) is 86.9 cm³/mol. The van der Waals surface area contributed by atoms with Crippen molar-refractivity contribution in [3.63, 3.8) is 0 Å². The number of ether oxygens (including phenoxy) is 1. The fraction of sp³-hybridized carbons (Fsp3) is 0.467. The minimum Gasteiger partial charge on any atom is -0.489 e. The molecule has 1 saturated heterocycles. The monoisotopic (exact) mass is 360 g/mol. The summed E-state index contributed by atoms with van der Waals surface area (Å²) in [6, 6.07) is 4.20. The Morgan fingerprint density at radius 1 is 1.39 bits per heavy atom. The highest BCUT2D eigenvalue weighted by Crippen LogP contribution is 2.27. The van der Waals surface area contributed by atoms with Crippen LogP contribution < -0.4 is 10.1 Å². The Balaban J connectivity index is 1.93. The Morgan fingerprint density at radius 3 is 2.65 bits per heavy atom. The minimum absolute atomic E-state index is 0.110. The molecule has 1 heterocycles. The van der Waals surface area contributed by atoms with E-state index >= 15 is 0 Å². The third-order valence-electron chi connectivity index (χ3n) is 3.77. The molecule has 1 fully saturated rings. The van der Waals surface area contributed by atoms with E-state index in [0.29, 0.717) is 22.2 Å². The van der Waals surface area contributed by atoms with Gasteiger partial charge in [0.2, 0.25) is 0 Å². The van der Waals surface area contributed by atoms with Gasteiger partial charge in [-0.1, -0.05) is 30.1 Å². The largest absolute Gasteiger partial charge is 0.489 e. The van der Waals surface area contributed by atoms with Crippen LogP contribution in [-0.4, -0.2) is 46.7 Å². The standard InChI is InChI=1S/C15H18Cl2N2O4/c1-3-15(2)13(21)19(14(22)18-15)7-10(20)8-23-12-5-4-9(16)6-11(12)17/h4-6,10,20H,3,7-8H2,1-2H3,(H,18,22). The number of aliphatic hydroxyl groups excluding tert-OH is 1. The van der Waals surface area contributed by atoms with E-state index in [4.69, 9.17) is 27.9 Å². The molecule has 0 aromatic heterocycles. The van der Waals surface area contributed by atoms with E-state index in [1.54, 1.807) is 19.1 Å². The summed E-state index contributed by atoms with van der Waals surface area (Å²) in [6.45, 7) is 3.21. The fourth-order valence-corrected chi connectivity index (χ4v) is 2.66. The molecule has 0 aliphatic carbocycles. The van der Waals surface area contributed by atoms with E-state index in [2.05, 4.69) is 5.32 Å². The Kier molecular flexibility index (Phi) is 5.39. The molecule has 6 nitrogen and oxygen atoms in total. The molecule has 2 rings (SSSR count). The Labute approximate surface area is 144 Å². The summed E-state index contributed by atoms with van der Waals surface area (Å²) in [6.07, 6.45) is -0.559. The van der Waals surface area contributed by atoms with Crippen LogP contribution in [0, 0.1) is 0 Å². The molecule has 2 atom stereocenters. The number of amides is 3. The lowest BCUT2D eigenvalue weighted by atomic mass is 9.99. The highest BCUT2D eigenvalue weighted by atomic mass is 35.5. The second-order valence-corrected chi connectivity index (χ2v) is 6.41. The number of nitrogens with zero attached hydrogens (tertiary/aromatic N) is 1. The highest BCUT2D eigenvalue weighted by Gasteiger charge is 2.46. The summed E-state index contributed by atoms with van der Waals surface area (Å²) < 4.78 is 5.40. The summed E-state index contributed by atoms with van der Waals surface area (Å²) in [5.41, 5.74) is -0.919. The third kappa shape index (κ3) is 3.88. The van der Waals surface area contributed by atoms with Gasteiger partial charge in [0.05, 0.1) is 11.6 Å². The molecule has 1 aliphatic heterocycles. The number of rotatable bonds is 6. The molecule has 0 spiro atoms. The summed E-state index contributed by atoms with van der Waals surface area (Å²) in [5, 5.41) is 13.4. The number of urea groups is 1. The number of nitrogens with one attached hydrogen (secondary N) is 1. The van der Waals surface area contributed by atoms with E-state index in [-0.39, 0.29) is 19.1 Å². The van der Waals surface area contributed by atoms with E-state index in [1.807, 2.05) is 6.92 Å². The maximum atomic E-state index is 12.2. The molecule has 0 saturated carbocycles. The summed E-state index contributed by atoms with van der Waals surface area (Å²) in [5.74, 6) is 0.0132. The molecule has 1 aromatic carbocycles. The maximum absolute atomic E-state index is 12.2. The van der Waals surface area contributed by atoms with Crippen molar-refractivity contribution < 1.29 is 19.4 Å². The average molecular weight is 361 g/mol. The number of imide groups is 1. The van der Waals surface area contributed by atoms with Gasteiger partial charge in [-0.15, -0.1) is 0 Å². The second kappa shape index (κ2) is 6.95. The van der Waals surface area contributed by atoms with Crippen LogP contribution in [0.15, 0.2) is 18.2 Å². The molecule has 23 heavy (non-hydrogen) atoms. The van der Waals surface area contributed by atoms with Crippen molar-refractivity contribution in [2.24, 2.45) is 0 Å². The molecule has 2 unspecified atom stereocenters. The van der Waals surface area contributed by atoms with Crippen molar-refractivity contribution in [1.82, 2.24) is 10.2 Å². The van der Waals surface area contributed by atoms with Crippen molar-refractivity contribution in [2.75, 3.05) is 13.2 Å². The van der Waals surface area contributed by atoms with Crippen LogP contribution in [0.25, 0.3) is 0 Å². The van der Waals surface area contributed by atoms with Gasteiger partial charge in [-0.25, -0.2) is 4.79 Å². The van der Waals surface area contributed by atoms with E-state index in [9.17, 15) is 14.7 Å². The van der Waals surface area contributed by atoms with Gasteiger partial charge in [0.25, 0.3) is 5.91 Å². The van der Waals surface area contributed by atoms with Gasteiger partial charge in [-0.2, -0.15) is 0 Å². The first-order chi connectivity index (χ1) is 10.8. The van der Waals surface area contributed by atoms with Gasteiger partial charge in [-0.3, -0.25) is 9.69 Å². The Hall–Kier alpha value is -1.50. The van der Waals surface area contributed by atoms with Crippen LogP contribution in [0.5, 0.6) is 5.75 Å². The lowest BCUT2D eigenvalue weighted by Gasteiger charge is -2.21. The lowest BCUT2D eigenvalue weighted by molar-refractivity contribution is -0.132. The topological polar surface area (TPSA) is 78.9 Å². The Morgan fingerprint density at radius 2 is 2.09 bits per heavy atom. The average Bonchev–Trinajstić information content (AvgIpc) is 2.70. The highest BCUT2D eigenvalue weighted by molar-refractivity contribution is 6.35. The van der Waals surface area contributed by atoms with E-state index in [1.165, 1.54) is 6.07 Å². The number of hydrogen-bond donors (Lipinski definition) is 2. The first-order valence-corrected chi connectivity index (χ1v) is 7.92. The Bertz CT molecular complexity index is 625. The van der Waals surface area contributed by atoms with Crippen molar-refractivity contribution in [2.45, 2.75) is 31.9 Å². The van der Waals surface area contributed by atoms with Crippen LogP contribution in [0.3, 0.4) is 0 Å². The molecule has 8 heteroatoms. The van der Waals surface area contributed by atoms with Crippen molar-refractivity contribution in [3.8, 4) is 5.75 Å². The quantitative estimate of drug-likeness (QED) is 0.763. The van der Waals surface area contributed by atoms with Crippen LogP contribution >= 0.6 is 23.2 Å². The zero-order chi connectivity index (χ0) is 17.2. The van der Waals surface area contributed by atoms with Gasteiger partial charge in [0.1, 0.15) is 24.0 Å². The van der Waals surface area contributed by atoms with Gasteiger partial charge >= 0.3 is 6.03 Å². The lowest BCUT2D eigenvalue weighted by Crippen LogP contribution is -2.44. The minimum atomic E-state index is -1.03. The zero-order valence-corrected chi connectivity index (χ0v) is 14.3. The predicted octanol–water partition coefficient (Wildman–Crippen LogP) is 2.45. The van der Waals surface area contributed by atoms with E-state index in [0.717, 1.165) is 4.90 Å². The molecule has 3 amide bonds. The number of halogens is 2. The molecule has 2 N–H and O–H groups in total. The second-order valence-electron chi connectivity index (χ2n) is 5.57. The van der Waals surface area contributed by atoms with Crippen LogP contribution in [0.2, 0.25) is 10.0 Å². The van der Waals surface area contributed by atoms with Crippen LogP contribution in [-0.2, 0) is 4.79 Å². The number of carbonyl (C=O) groups excluding carboxylic acids is 2. The van der Waals surface area contributed by atoms with Crippen molar-refractivity contribution >= 4 is 35.1 Å². The molecule has 126 valence electrons. The smallest absolute Gasteiger partial charge is 0.325 e. The van der Waals surface area contributed by atoms with Crippen molar-refractivity contribution in [3.05, 3.63) is 28.2 Å². The SMILES string of the molecule is CCC1(C)NC(=O)N(CC(O)COc2ccc(Cl)cc2Cl)C1=O. The van der Waals surface area contributed by atoms with Gasteiger partial charge in [-0.05, 0) is 31.5 Å². The van der Waals surface area contributed by atoms with E-state index < -0.39 is 17.7 Å². The molecule has 1 aliphatic rings. The van der Waals surface area contributed by atoms with Gasteiger partial charge in [0.15, 0.2) is 0 Å². The molecule has 0 radical (unpaired) electrons. The first kappa shape index (κ1) is 17.8. The molecular weight excluding hydrogens is 343 g/mol. The number of hydrogen-bond acceptors (Lipinski definition) is 4. The summed E-state index contributed by atoms with van der Waals surface area (Å²) in [4.78, 5) is 25.1. The van der Waals surface area contributed by atoms with Gasteiger partial charge < -0.3 is 15.2 Å². The first-order valence-electron chi connectivity index (χ1n) is 7.17. The van der Waals surface area contributed by atoms with Crippen LogP contribution in [0.1, 0.15) is 20.3 Å². The molecule has 0 bridgehead atoms. The van der Waals surface area contributed by atoms with Crippen molar-refractivity contribution in [1.29, 1.82) is 0 Å². The fourth-order valence-electron chi connectivity index (χ4n) is 2.19. The summed E-state index contributed by atoms with van der Waals surface area (Å²) >= 11 is 11.8. The number of β-amino-alcohol motifs (C(OH)–C–C–N with tert-alkyl or cyclic N) is 1. The summed E-state index contributed by atoms with van der Waals surface area (Å²) in [7, 11) is 0. The van der Waals surface area contributed by atoms with Crippen LogP contribution in [0.4, 0.5) is 4.79 Å². The molecule has 1 aromatic rings. The molecular formula is C15H18Cl2N2O4. The normalized spacial score (nSPS) is 22.2.